The first kappa shape index (κ1) is 57.3. The van der Waals surface area contributed by atoms with Gasteiger partial charge in [-0.2, -0.15) is 0 Å². The zero-order chi connectivity index (χ0) is 52.9. The van der Waals surface area contributed by atoms with E-state index < -0.39 is 29.1 Å². The minimum atomic E-state index is -1.74. The van der Waals surface area contributed by atoms with Gasteiger partial charge in [-0.15, -0.1) is 11.3 Å². The van der Waals surface area contributed by atoms with Gasteiger partial charge in [-0.1, -0.05) is 80.4 Å². The molecule has 73 heavy (non-hydrogen) atoms. The molecule has 3 aromatic carbocycles. The predicted octanol–water partition coefficient (Wildman–Crippen LogP) is 10.7. The second-order valence-corrected chi connectivity index (χ2v) is 22.5. The second-order valence-electron chi connectivity index (χ2n) is 18.8. The molecule has 0 bridgehead atoms. The molecule has 2 fully saturated rings. The number of likely N-dealkylation sites (tertiary alicyclic amines) is 1. The van der Waals surface area contributed by atoms with E-state index in [9.17, 15) is 23.6 Å². The standard InChI is InChI=1S/C37H36Cl2IN6O5PS.C15H25FN2O2/c1-22-37(53-21-45-22)26-7-8-27(16-43-20-47)33(13-26)50-12-11-49-19-34(48)44-15-24-3-5-25(6-4-24)36(41)29-14-28(9-10-32(29)46-52-40)51-23(2)35-30(38)17-42-18-31(35)39;1-10-6-5-9-18(10)12(19)11(14(2,3)4)17-13(20)15(16)7-8-15/h3-10,13-14,17-18,20-21,23,41,46,52H,11-12,15-16,19H2,1-2H3,(H,43,47)(H,44,48);10-11H,5-9H2,1-4H3,(H,17,20)/t23-;/m1./s1. The molecule has 390 valence electrons. The van der Waals surface area contributed by atoms with Gasteiger partial charge >= 0.3 is 0 Å². The average molecular weight is 1190 g/mol. The van der Waals surface area contributed by atoms with Gasteiger partial charge in [0, 0.05) is 72.4 Å². The van der Waals surface area contributed by atoms with Crippen molar-refractivity contribution in [3.05, 3.63) is 122 Å². The first-order valence-corrected chi connectivity index (χ1v) is 29.5. The van der Waals surface area contributed by atoms with E-state index in [2.05, 4.69) is 53.0 Å². The largest absolute Gasteiger partial charge is 0.491 e. The van der Waals surface area contributed by atoms with Crippen molar-refractivity contribution < 1.29 is 37.8 Å². The van der Waals surface area contributed by atoms with E-state index in [0.29, 0.717) is 69.8 Å². The zero-order valence-electron chi connectivity index (χ0n) is 41.5. The van der Waals surface area contributed by atoms with E-state index in [-0.39, 0.29) is 50.5 Å². The third kappa shape index (κ3) is 15.8. The Hall–Kier alpha value is -4.98. The molecule has 0 spiro atoms. The maximum atomic E-state index is 13.8. The predicted molar refractivity (Wildman–Crippen MR) is 296 cm³/mol. The smallest absolute Gasteiger partial charge is 0.258 e. The van der Waals surface area contributed by atoms with E-state index in [4.69, 9.17) is 42.8 Å². The second kappa shape index (κ2) is 26.5. The van der Waals surface area contributed by atoms with Crippen LogP contribution >= 0.6 is 63.0 Å². The van der Waals surface area contributed by atoms with Crippen LogP contribution in [0.25, 0.3) is 10.4 Å². The number of hydrogen-bond acceptors (Lipinski definition) is 12. The molecule has 1 aliphatic heterocycles. The Labute approximate surface area is 454 Å². The highest BCUT2D eigenvalue weighted by Crippen LogP contribution is 2.41. The van der Waals surface area contributed by atoms with Crippen LogP contribution in [0.5, 0.6) is 11.5 Å². The first-order chi connectivity index (χ1) is 34.8. The highest BCUT2D eigenvalue weighted by molar-refractivity contribution is 14.2. The van der Waals surface area contributed by atoms with E-state index in [1.807, 2.05) is 107 Å². The lowest BCUT2D eigenvalue weighted by atomic mass is 9.85. The van der Waals surface area contributed by atoms with Crippen molar-refractivity contribution in [1.29, 1.82) is 5.41 Å². The molecule has 0 radical (unpaired) electrons. The van der Waals surface area contributed by atoms with Crippen LogP contribution in [0.4, 0.5) is 10.1 Å². The Bertz CT molecular complexity index is 2730. The minimum Gasteiger partial charge on any atom is -0.491 e. The summed E-state index contributed by atoms with van der Waals surface area (Å²) in [5, 5.41) is 21.4. The monoisotopic (exact) mass is 1190 g/mol. The van der Waals surface area contributed by atoms with Crippen molar-refractivity contribution in [2.45, 2.75) is 104 Å². The number of amides is 4. The molecule has 2 aromatic heterocycles. The van der Waals surface area contributed by atoms with Crippen molar-refractivity contribution >= 4 is 98.5 Å². The van der Waals surface area contributed by atoms with Crippen LogP contribution < -0.4 is 30.5 Å². The summed E-state index contributed by atoms with van der Waals surface area (Å²) in [7, 11) is 0. The van der Waals surface area contributed by atoms with Crippen LogP contribution in [0, 0.1) is 17.7 Å². The van der Waals surface area contributed by atoms with Crippen molar-refractivity contribution in [1.82, 2.24) is 30.8 Å². The number of rotatable bonds is 22. The van der Waals surface area contributed by atoms with Crippen molar-refractivity contribution in [3.8, 4) is 21.9 Å². The molecule has 5 aromatic rings. The fraction of sp³-hybridized carbons (Fsp3) is 0.404. The number of alkyl halides is 1. The SMILES string of the molecule is CC1CCCN1C(=O)C(NC(=O)C1(F)CC1)C(C)(C)C.Cc1ncsc1-c1ccc(CNC=O)c(OCCOCC(=O)NCc2ccc(C(=N)c3cc(O[C@H](C)c4c(Cl)cncc4Cl)ccc3NPI)cc2)c1. The van der Waals surface area contributed by atoms with Gasteiger partial charge < -0.3 is 40.1 Å². The quantitative estimate of drug-likeness (QED) is 0.0146. The van der Waals surface area contributed by atoms with Gasteiger partial charge in [-0.25, -0.2) is 9.37 Å². The van der Waals surface area contributed by atoms with Crippen molar-refractivity contribution in [2.24, 2.45) is 5.41 Å². The molecule has 4 atom stereocenters. The van der Waals surface area contributed by atoms with Crippen LogP contribution in [0.2, 0.25) is 10.0 Å². The van der Waals surface area contributed by atoms with Gasteiger partial charge in [-0.3, -0.25) is 29.6 Å². The number of pyridine rings is 1. The molecule has 3 unspecified atom stereocenters. The molecule has 3 heterocycles. The zero-order valence-corrected chi connectivity index (χ0v) is 47.0. The molecule has 2 aliphatic rings. The summed E-state index contributed by atoms with van der Waals surface area (Å²) in [5.41, 5.74) is 6.36. The number of aryl methyl sites for hydroxylation is 1. The number of anilines is 1. The van der Waals surface area contributed by atoms with Crippen LogP contribution in [-0.4, -0.2) is 88.8 Å². The van der Waals surface area contributed by atoms with Gasteiger partial charge in [-0.05, 0) is 109 Å². The molecule has 1 aliphatic carbocycles. The van der Waals surface area contributed by atoms with Crippen LogP contribution in [-0.2, 0) is 37.0 Å². The van der Waals surface area contributed by atoms with Crippen LogP contribution in [0.3, 0.4) is 0 Å². The number of ether oxygens (including phenoxy) is 3. The lowest BCUT2D eigenvalue weighted by Gasteiger charge is -2.35. The minimum absolute atomic E-state index is 0.0832. The Balaban J connectivity index is 0.000000362. The third-order valence-electron chi connectivity index (χ3n) is 12.3. The number of halogens is 4. The Morgan fingerprint density at radius 3 is 2.40 bits per heavy atom. The summed E-state index contributed by atoms with van der Waals surface area (Å²) < 4.78 is 31.6. The first-order valence-electron chi connectivity index (χ1n) is 23.7. The normalized spacial score (nSPS) is 15.6. The Kier molecular flexibility index (Phi) is 20.8. The number of aromatic nitrogens is 2. The van der Waals surface area contributed by atoms with E-state index >= 15 is 0 Å². The van der Waals surface area contributed by atoms with Gasteiger partial charge in [0.25, 0.3) is 5.91 Å². The van der Waals surface area contributed by atoms with Gasteiger partial charge in [0.2, 0.25) is 18.2 Å². The number of hydrogen-bond donors (Lipinski definition) is 5. The summed E-state index contributed by atoms with van der Waals surface area (Å²) in [4.78, 5) is 59.2. The molecular formula is C52H61Cl2FIN8O7PS. The number of nitrogens with zero attached hydrogens (tertiary/aromatic N) is 3. The molecule has 7 rings (SSSR count). The van der Waals surface area contributed by atoms with Crippen molar-refractivity contribution in [3.63, 3.8) is 0 Å². The number of benzene rings is 3. The van der Waals surface area contributed by atoms with Crippen LogP contribution in [0.1, 0.15) is 99.9 Å². The van der Waals surface area contributed by atoms with Crippen LogP contribution in [0.15, 0.2) is 78.6 Å². The summed E-state index contributed by atoms with van der Waals surface area (Å²) in [6.45, 7) is 13.1. The molecule has 5 N–H and O–H groups in total. The van der Waals surface area contributed by atoms with Gasteiger partial charge in [0.15, 0.2) is 5.67 Å². The molecule has 4 amide bonds. The summed E-state index contributed by atoms with van der Waals surface area (Å²) >= 11 is 16.5. The van der Waals surface area contributed by atoms with E-state index in [0.717, 1.165) is 52.3 Å². The maximum absolute atomic E-state index is 13.8. The van der Waals surface area contributed by atoms with E-state index in [1.165, 1.54) is 12.4 Å². The highest BCUT2D eigenvalue weighted by atomic mass is 127. The molecule has 21 heteroatoms. The van der Waals surface area contributed by atoms with Gasteiger partial charge in [0.1, 0.15) is 36.9 Å². The summed E-state index contributed by atoms with van der Waals surface area (Å²) in [6, 6.07) is 18.4. The van der Waals surface area contributed by atoms with Crippen molar-refractivity contribution in [2.75, 3.05) is 31.5 Å². The molecule has 15 nitrogen and oxygen atoms in total. The number of thiazole rings is 1. The topological polar surface area (TPSA) is 197 Å². The summed E-state index contributed by atoms with van der Waals surface area (Å²) in [5.74, 6) is 0.206. The maximum Gasteiger partial charge on any atom is 0.258 e. The molecule has 1 saturated heterocycles. The summed E-state index contributed by atoms with van der Waals surface area (Å²) in [6.07, 6.45) is 6.16. The lowest BCUT2D eigenvalue weighted by Crippen LogP contribution is -2.57. The molecular weight excluding hydrogens is 1130 g/mol. The number of carbonyl (C=O) groups is 4. The average Bonchev–Trinajstić information content (AvgIpc) is 3.73. The lowest BCUT2D eigenvalue weighted by molar-refractivity contribution is -0.141. The third-order valence-corrected chi connectivity index (χ3v) is 15.0. The Morgan fingerprint density at radius 1 is 1.05 bits per heavy atom. The number of carbonyl (C=O) groups excluding carboxylic acids is 4. The highest BCUT2D eigenvalue weighted by Gasteiger charge is 2.53. The van der Waals surface area contributed by atoms with E-state index in [1.54, 1.807) is 16.8 Å². The van der Waals surface area contributed by atoms with Gasteiger partial charge in [0.05, 0.1) is 38.4 Å². The fourth-order valence-corrected chi connectivity index (χ4v) is 10.7. The Morgan fingerprint density at radius 2 is 1.78 bits per heavy atom. The number of nitrogens with one attached hydrogen (secondary N) is 5. The molecule has 1 saturated carbocycles. The fourth-order valence-electron chi connectivity index (χ4n) is 7.99.